The molecule has 0 N–H and O–H groups in total. The van der Waals surface area contributed by atoms with Gasteiger partial charge >= 0.3 is 6.09 Å². The van der Waals surface area contributed by atoms with Gasteiger partial charge in [-0.3, -0.25) is 0 Å². The molecule has 0 bridgehead atoms. The van der Waals surface area contributed by atoms with E-state index >= 15 is 0 Å². The topological polar surface area (TPSA) is 32.8 Å². The molecule has 18 heavy (non-hydrogen) atoms. The lowest BCUT2D eigenvalue weighted by molar-refractivity contribution is -0.00611. The molecule has 0 aromatic carbocycles. The third-order valence-corrected chi connectivity index (χ3v) is 3.08. The van der Waals surface area contributed by atoms with E-state index in [1.165, 1.54) is 4.90 Å². The summed E-state index contributed by atoms with van der Waals surface area (Å²) < 4.78 is 19.4. The highest BCUT2D eigenvalue weighted by molar-refractivity contribution is 5.68. The van der Waals surface area contributed by atoms with E-state index in [0.29, 0.717) is 19.5 Å². The van der Waals surface area contributed by atoms with Gasteiger partial charge in [0, 0.05) is 19.6 Å². The van der Waals surface area contributed by atoms with Crippen molar-refractivity contribution in [2.45, 2.75) is 51.9 Å². The first-order chi connectivity index (χ1) is 8.24. The van der Waals surface area contributed by atoms with Crippen LogP contribution in [0.1, 0.15) is 34.1 Å². The lowest BCUT2D eigenvalue weighted by Crippen LogP contribution is -2.54. The Morgan fingerprint density at radius 2 is 2.11 bits per heavy atom. The predicted octanol–water partition coefficient (Wildman–Crippen LogP) is 2.29. The zero-order chi connectivity index (χ0) is 13.9. The lowest BCUT2D eigenvalue weighted by atomic mass is 10.0. The van der Waals surface area contributed by atoms with Gasteiger partial charge in [-0.2, -0.15) is 0 Å². The number of ether oxygens (including phenoxy) is 1. The highest BCUT2D eigenvalue weighted by Crippen LogP contribution is 2.21. The van der Waals surface area contributed by atoms with Crippen LogP contribution in [0.2, 0.25) is 0 Å². The van der Waals surface area contributed by atoms with E-state index in [2.05, 4.69) is 0 Å². The number of alkyl halides is 1. The fourth-order valence-electron chi connectivity index (χ4n) is 2.21. The van der Waals surface area contributed by atoms with Gasteiger partial charge in [0.15, 0.2) is 0 Å². The molecule has 0 aromatic rings. The summed E-state index contributed by atoms with van der Waals surface area (Å²) in [4.78, 5) is 15.5. The predicted molar refractivity (Wildman–Crippen MR) is 69.4 cm³/mol. The molecule has 1 heterocycles. The summed E-state index contributed by atoms with van der Waals surface area (Å²) in [5.41, 5.74) is -0.540. The molecule has 0 unspecified atom stereocenters. The van der Waals surface area contributed by atoms with Crippen LogP contribution in [0.3, 0.4) is 0 Å². The molecular weight excluding hydrogens is 235 g/mol. The Balaban J connectivity index is 2.68. The number of amides is 1. The number of carbonyl (C=O) groups excluding carboxylic acids is 1. The highest BCUT2D eigenvalue weighted by Gasteiger charge is 2.35. The highest BCUT2D eigenvalue weighted by atomic mass is 19.1. The second kappa shape index (κ2) is 5.87. The monoisotopic (exact) mass is 260 g/mol. The van der Waals surface area contributed by atoms with Crippen LogP contribution in [0, 0.1) is 0 Å². The molecule has 0 aromatic heterocycles. The molecule has 1 aliphatic heterocycles. The molecule has 1 aliphatic rings. The van der Waals surface area contributed by atoms with Crippen molar-refractivity contribution in [3.05, 3.63) is 0 Å². The molecule has 1 rings (SSSR count). The molecular formula is C13H25FN2O2. The van der Waals surface area contributed by atoms with Crippen molar-refractivity contribution in [3.63, 3.8) is 0 Å². The van der Waals surface area contributed by atoms with E-state index < -0.39 is 17.9 Å². The first kappa shape index (κ1) is 15.2. The quantitative estimate of drug-likeness (QED) is 0.763. The fourth-order valence-corrected chi connectivity index (χ4v) is 2.21. The Kier molecular flexibility index (Phi) is 4.96. The lowest BCUT2D eigenvalue weighted by Gasteiger charge is -2.39. The van der Waals surface area contributed by atoms with Gasteiger partial charge in [0.1, 0.15) is 11.8 Å². The molecule has 5 heteroatoms. The van der Waals surface area contributed by atoms with Crippen molar-refractivity contribution in [2.24, 2.45) is 0 Å². The van der Waals surface area contributed by atoms with Gasteiger partial charge in [0.2, 0.25) is 0 Å². The van der Waals surface area contributed by atoms with Crippen LogP contribution in [0.15, 0.2) is 0 Å². The zero-order valence-corrected chi connectivity index (χ0v) is 12.1. The van der Waals surface area contributed by atoms with E-state index in [9.17, 15) is 9.18 Å². The minimum absolute atomic E-state index is 0.360. The number of piperidine rings is 1. The standard InChI is InChI=1S/C13H25FN2O2/c1-6-16(12(17)18-13(2,3)4)11-7-8-15(5)9-10(11)14/h10-11H,6-9H2,1-5H3/t10-,11+/m1/s1. The second-order valence-corrected chi connectivity index (χ2v) is 5.90. The molecule has 0 radical (unpaired) electrons. The van der Waals surface area contributed by atoms with Gasteiger partial charge in [-0.15, -0.1) is 0 Å². The minimum atomic E-state index is -1.00. The van der Waals surface area contributed by atoms with E-state index in [-0.39, 0.29) is 6.04 Å². The number of likely N-dealkylation sites (tertiary alicyclic amines) is 1. The first-order valence-corrected chi connectivity index (χ1v) is 6.57. The van der Waals surface area contributed by atoms with Gasteiger partial charge in [-0.05, 0) is 41.2 Å². The average molecular weight is 260 g/mol. The first-order valence-electron chi connectivity index (χ1n) is 6.57. The number of hydrogen-bond acceptors (Lipinski definition) is 3. The Hall–Kier alpha value is -0.840. The number of nitrogens with zero attached hydrogens (tertiary/aromatic N) is 2. The summed E-state index contributed by atoms with van der Waals surface area (Å²) in [5, 5.41) is 0. The van der Waals surface area contributed by atoms with Crippen molar-refractivity contribution in [1.29, 1.82) is 0 Å². The van der Waals surface area contributed by atoms with Gasteiger partial charge in [0.25, 0.3) is 0 Å². The van der Waals surface area contributed by atoms with Crippen molar-refractivity contribution in [1.82, 2.24) is 9.80 Å². The van der Waals surface area contributed by atoms with Crippen molar-refractivity contribution in [3.8, 4) is 0 Å². The summed E-state index contributed by atoms with van der Waals surface area (Å²) in [6, 6.07) is -0.360. The maximum Gasteiger partial charge on any atom is 0.410 e. The van der Waals surface area contributed by atoms with Gasteiger partial charge < -0.3 is 14.5 Å². The molecule has 106 valence electrons. The van der Waals surface area contributed by atoms with Crippen LogP contribution < -0.4 is 0 Å². The number of rotatable bonds is 2. The van der Waals surface area contributed by atoms with E-state index in [0.717, 1.165) is 6.54 Å². The SMILES string of the molecule is CCN(C(=O)OC(C)(C)C)[C@H]1CCN(C)C[C@H]1F. The van der Waals surface area contributed by atoms with Crippen LogP contribution in [-0.2, 0) is 4.74 Å². The fraction of sp³-hybridized carbons (Fsp3) is 0.923. The van der Waals surface area contributed by atoms with E-state index in [4.69, 9.17) is 4.74 Å². The van der Waals surface area contributed by atoms with Gasteiger partial charge in [0.05, 0.1) is 6.04 Å². The molecule has 4 nitrogen and oxygen atoms in total. The van der Waals surface area contributed by atoms with Crippen LogP contribution >= 0.6 is 0 Å². The third-order valence-electron chi connectivity index (χ3n) is 3.08. The van der Waals surface area contributed by atoms with Crippen molar-refractivity contribution in [2.75, 3.05) is 26.7 Å². The Bertz CT molecular complexity index is 291. The van der Waals surface area contributed by atoms with Crippen LogP contribution in [0.25, 0.3) is 0 Å². The smallest absolute Gasteiger partial charge is 0.410 e. The summed E-state index contributed by atoms with van der Waals surface area (Å²) in [7, 11) is 1.90. The molecule has 1 amide bonds. The van der Waals surface area contributed by atoms with Crippen LogP contribution in [0.5, 0.6) is 0 Å². The summed E-state index contributed by atoms with van der Waals surface area (Å²) in [6.45, 7) is 8.98. The number of carbonyl (C=O) groups is 1. The van der Waals surface area contributed by atoms with Crippen LogP contribution in [-0.4, -0.2) is 60.4 Å². The van der Waals surface area contributed by atoms with Crippen molar-refractivity contribution < 1.29 is 13.9 Å². The van der Waals surface area contributed by atoms with E-state index in [1.807, 2.05) is 39.6 Å². The maximum atomic E-state index is 14.0. The van der Waals surface area contributed by atoms with Gasteiger partial charge in [-0.1, -0.05) is 0 Å². The third kappa shape index (κ3) is 4.12. The molecule has 2 atom stereocenters. The largest absolute Gasteiger partial charge is 0.444 e. The van der Waals surface area contributed by atoms with Crippen LogP contribution in [0.4, 0.5) is 9.18 Å². The molecule has 1 fully saturated rings. The molecule has 0 spiro atoms. The summed E-state index contributed by atoms with van der Waals surface area (Å²) in [6.07, 6.45) is -0.761. The Morgan fingerprint density at radius 1 is 1.50 bits per heavy atom. The molecule has 0 aliphatic carbocycles. The zero-order valence-electron chi connectivity index (χ0n) is 12.1. The Morgan fingerprint density at radius 3 is 2.56 bits per heavy atom. The number of halogens is 1. The molecule has 0 saturated carbocycles. The summed E-state index contributed by atoms with van der Waals surface area (Å²) in [5.74, 6) is 0. The van der Waals surface area contributed by atoms with Crippen molar-refractivity contribution >= 4 is 6.09 Å². The van der Waals surface area contributed by atoms with E-state index in [1.54, 1.807) is 0 Å². The average Bonchev–Trinajstić information content (AvgIpc) is 2.19. The second-order valence-electron chi connectivity index (χ2n) is 5.90. The Labute approximate surface area is 109 Å². The minimum Gasteiger partial charge on any atom is -0.444 e. The normalized spacial score (nSPS) is 25.9. The number of hydrogen-bond donors (Lipinski definition) is 0. The van der Waals surface area contributed by atoms with Gasteiger partial charge in [-0.25, -0.2) is 9.18 Å². The summed E-state index contributed by atoms with van der Waals surface area (Å²) >= 11 is 0. The molecule has 1 saturated heterocycles. The maximum absolute atomic E-state index is 14.0.